The molecule has 1 saturated heterocycles. The third kappa shape index (κ3) is 41.2. The monoisotopic (exact) mass is 1890 g/mol. The largest absolute Gasteiger partial charge is 0.368 e. The predicted molar refractivity (Wildman–Crippen MR) is 530 cm³/mol. The van der Waals surface area contributed by atoms with Gasteiger partial charge in [0.25, 0.3) is 0 Å². The topological polar surface area (TPSA) is 412 Å². The van der Waals surface area contributed by atoms with E-state index >= 15 is 38.4 Å². The van der Waals surface area contributed by atoms with Crippen LogP contribution in [0, 0.1) is 0 Å². The van der Waals surface area contributed by atoms with Crippen molar-refractivity contribution in [1.82, 2.24) is 64.5 Å². The lowest BCUT2D eigenvalue weighted by atomic mass is 10.1. The van der Waals surface area contributed by atoms with E-state index in [2.05, 4.69) is 22.4 Å². The molecule has 7 aromatic carbocycles. The van der Waals surface area contributed by atoms with E-state index in [4.69, 9.17) is 28.7 Å². The third-order valence-corrected chi connectivity index (χ3v) is 25.3. The summed E-state index contributed by atoms with van der Waals surface area (Å²) >= 11 is 2.09. The van der Waals surface area contributed by atoms with Crippen LogP contribution in [-0.4, -0.2) is 285 Å². The van der Waals surface area contributed by atoms with Crippen LogP contribution in [0.5, 0.6) is 0 Å². The van der Waals surface area contributed by atoms with E-state index in [0.717, 1.165) is 36.7 Å². The zero-order valence-corrected chi connectivity index (χ0v) is 80.2. The van der Waals surface area contributed by atoms with E-state index in [0.29, 0.717) is 97.7 Å². The van der Waals surface area contributed by atoms with Gasteiger partial charge >= 0.3 is 0 Å². The van der Waals surface area contributed by atoms with Crippen LogP contribution in [0.4, 0.5) is 0 Å². The molecule has 12 N–H and O–H groups in total. The average molecular weight is 1890 g/mol. The summed E-state index contributed by atoms with van der Waals surface area (Å²) in [6.07, 6.45) is 12.4. The molecule has 0 saturated carbocycles. The second-order valence-corrected chi connectivity index (χ2v) is 36.2. The third-order valence-electron chi connectivity index (χ3n) is 23.8. The van der Waals surface area contributed by atoms with Gasteiger partial charge in [0.1, 0.15) is 45.3 Å². The summed E-state index contributed by atoms with van der Waals surface area (Å²) in [6, 6.07) is 62.0. The fourth-order valence-corrected chi connectivity index (χ4v) is 17.3. The standard InChI is InChI=1S/C104H144N18O13S/c1-83(123)116(65-84-37-10-2-11-38-84)77-94(125)112(60-32-26-54-105)73-98(129)118(67-86-41-14-4-15-42-86)78-95(126)115(63-35-29-57-108)76-101(132)122(71-90-49-22-8-23-50-90)82-103(134)120(69-88-45-18-6-19-46-88)80-97(128)113(61-33-27-55-106)74-99(130)119(68-87-43-16-5-17-44-87)79-96(127)114(62-34-28-56-107)75-100(131)121(70-89-47-20-7-21-48-89)81-102(133)117(66-85-39-12-3-13-40-85)72-93(124)111-92(104(109)135)53-25-31-59-110-58-30-9-24-51-91-52-36-64-136-91/h2-8,10-23,37-50,91-92,110H,9,24-36,51-82,105-108H2,1H3,(H2,109,135)(H,111,124)/t91?,92-/m0/s1. The summed E-state index contributed by atoms with van der Waals surface area (Å²) < 4.78 is 0. The van der Waals surface area contributed by atoms with E-state index in [-0.39, 0.29) is 110 Å². The van der Waals surface area contributed by atoms with Crippen molar-refractivity contribution >= 4 is 88.6 Å². The van der Waals surface area contributed by atoms with E-state index < -0.39 is 142 Å². The fraction of sp³-hybridized carbons (Fsp3) is 0.471. The molecule has 1 unspecified atom stereocenters. The predicted octanol–water partition coefficient (Wildman–Crippen LogP) is 7.66. The first-order valence-corrected chi connectivity index (χ1v) is 49.1. The molecule has 0 spiro atoms. The average Bonchev–Trinajstić information content (AvgIpc) is 1.06. The molecule has 734 valence electrons. The highest BCUT2D eigenvalue weighted by Crippen LogP contribution is 2.30. The van der Waals surface area contributed by atoms with Crippen molar-refractivity contribution < 1.29 is 62.3 Å². The molecule has 0 aliphatic carbocycles. The summed E-state index contributed by atoms with van der Waals surface area (Å²) in [4.78, 5) is 207. The van der Waals surface area contributed by atoms with Crippen LogP contribution in [0.1, 0.15) is 155 Å². The molecular formula is C104H144N18O13S. The number of carbonyl (C=O) groups is 13. The van der Waals surface area contributed by atoms with Crippen molar-refractivity contribution in [1.29, 1.82) is 0 Å². The molecule has 1 aliphatic heterocycles. The number of hydrogen-bond donors (Lipinski definition) is 7. The Morgan fingerprint density at radius 3 is 0.794 bits per heavy atom. The summed E-state index contributed by atoms with van der Waals surface area (Å²) in [7, 11) is 0. The summed E-state index contributed by atoms with van der Waals surface area (Å²) in [5.74, 6) is -6.62. The second-order valence-electron chi connectivity index (χ2n) is 34.8. The van der Waals surface area contributed by atoms with Crippen LogP contribution >= 0.6 is 11.8 Å². The Kier molecular flexibility index (Phi) is 50.1. The van der Waals surface area contributed by atoms with Crippen molar-refractivity contribution in [3.8, 4) is 0 Å². The molecular weight excluding hydrogens is 1740 g/mol. The van der Waals surface area contributed by atoms with Gasteiger partial charge in [0.2, 0.25) is 76.8 Å². The minimum atomic E-state index is -1.01. The maximum absolute atomic E-state index is 15.6. The quantitative estimate of drug-likeness (QED) is 0.0180. The van der Waals surface area contributed by atoms with Gasteiger partial charge in [0, 0.05) is 84.2 Å². The number of benzene rings is 7. The molecule has 8 rings (SSSR count). The van der Waals surface area contributed by atoms with Gasteiger partial charge in [0.05, 0.1) is 32.7 Å². The minimum Gasteiger partial charge on any atom is -0.368 e. The normalized spacial score (nSPS) is 12.3. The highest BCUT2D eigenvalue weighted by atomic mass is 32.2. The molecule has 2 atom stereocenters. The van der Waals surface area contributed by atoms with Crippen LogP contribution in [0.3, 0.4) is 0 Å². The molecule has 0 aromatic heterocycles. The molecule has 1 aliphatic rings. The zero-order chi connectivity index (χ0) is 97.4. The van der Waals surface area contributed by atoms with Crippen molar-refractivity contribution in [3.05, 3.63) is 251 Å². The van der Waals surface area contributed by atoms with Crippen molar-refractivity contribution in [3.63, 3.8) is 0 Å². The number of nitrogens with one attached hydrogen (secondary N) is 2. The van der Waals surface area contributed by atoms with Gasteiger partial charge in [-0.1, -0.05) is 225 Å². The van der Waals surface area contributed by atoms with Crippen molar-refractivity contribution in [2.24, 2.45) is 28.7 Å². The number of hydrogen-bond acceptors (Lipinski definition) is 19. The first-order valence-electron chi connectivity index (χ1n) is 48.0. The van der Waals surface area contributed by atoms with Gasteiger partial charge in [-0.05, 0) is 180 Å². The molecule has 1 heterocycles. The molecule has 13 amide bonds. The maximum Gasteiger partial charge on any atom is 0.242 e. The first-order chi connectivity index (χ1) is 66.0. The zero-order valence-electron chi connectivity index (χ0n) is 79.4. The molecule has 31 nitrogen and oxygen atoms in total. The molecule has 0 radical (unpaired) electrons. The highest BCUT2D eigenvalue weighted by molar-refractivity contribution is 8.00. The van der Waals surface area contributed by atoms with Crippen LogP contribution in [-0.2, 0) is 108 Å². The SMILES string of the molecule is CC(=O)N(CC(=O)N(CCCCN)CC(=O)N(CC(=O)N(CCCCN)CC(=O)N(CC(=O)N(CC(=O)N(CCCCN)CC(=O)N(CC(=O)N(CCCCN)CC(=O)N(CC(=O)N(CC(=O)N[C@@H](CCCCNCCCCCC1CCCS1)C(N)=O)Cc1ccccc1)Cc1ccccc1)Cc1ccccc1)Cc1ccccc1)Cc1ccccc1)Cc1ccccc1)Cc1ccccc1. The van der Waals surface area contributed by atoms with Crippen molar-refractivity contribution in [2.45, 2.75) is 173 Å². The summed E-state index contributed by atoms with van der Waals surface area (Å²) in [5, 5.41) is 7.08. The van der Waals surface area contributed by atoms with Gasteiger partial charge in [-0.3, -0.25) is 62.3 Å². The molecule has 0 bridgehead atoms. The summed E-state index contributed by atoms with van der Waals surface area (Å²) in [5.41, 5.74) is 34.7. The van der Waals surface area contributed by atoms with E-state index in [1.54, 1.807) is 164 Å². The lowest BCUT2D eigenvalue weighted by Crippen LogP contribution is -2.52. The van der Waals surface area contributed by atoms with Gasteiger partial charge in [-0.25, -0.2) is 0 Å². The Morgan fingerprint density at radius 2 is 0.544 bits per heavy atom. The van der Waals surface area contributed by atoms with Gasteiger partial charge in [0.15, 0.2) is 0 Å². The van der Waals surface area contributed by atoms with Gasteiger partial charge in [-0.15, -0.1) is 0 Å². The second kappa shape index (κ2) is 62.4. The number of nitrogens with two attached hydrogens (primary N) is 5. The Bertz CT molecular complexity index is 4770. The molecule has 7 aromatic rings. The Morgan fingerprint density at radius 1 is 0.301 bits per heavy atom. The first kappa shape index (κ1) is 109. The van der Waals surface area contributed by atoms with Crippen LogP contribution in [0.2, 0.25) is 0 Å². The van der Waals surface area contributed by atoms with Gasteiger partial charge < -0.3 is 93.2 Å². The lowest BCUT2D eigenvalue weighted by Gasteiger charge is -2.33. The number of nitrogens with zero attached hydrogens (tertiary/aromatic N) is 11. The molecule has 32 heteroatoms. The fourth-order valence-electron chi connectivity index (χ4n) is 16.0. The van der Waals surface area contributed by atoms with E-state index in [9.17, 15) is 24.0 Å². The Labute approximate surface area is 807 Å². The number of amides is 13. The summed E-state index contributed by atoms with van der Waals surface area (Å²) in [6.45, 7) is -2.05. The van der Waals surface area contributed by atoms with Gasteiger partial charge in [-0.2, -0.15) is 11.8 Å². The van der Waals surface area contributed by atoms with E-state index in [1.807, 2.05) is 48.5 Å². The van der Waals surface area contributed by atoms with Crippen molar-refractivity contribution in [2.75, 3.05) is 143 Å². The van der Waals surface area contributed by atoms with Crippen LogP contribution in [0.15, 0.2) is 212 Å². The number of carbonyl (C=O) groups excluding carboxylic acids is 13. The van der Waals surface area contributed by atoms with E-state index in [1.165, 1.54) is 98.7 Å². The number of thioether (sulfide) groups is 1. The Hall–Kier alpha value is -12.2. The lowest BCUT2D eigenvalue weighted by molar-refractivity contribution is -0.150. The minimum absolute atomic E-state index is 0.00733. The van der Waals surface area contributed by atoms with Crippen LogP contribution < -0.4 is 39.3 Å². The number of unbranched alkanes of at least 4 members (excludes halogenated alkanes) is 7. The number of rotatable bonds is 65. The smallest absolute Gasteiger partial charge is 0.242 e. The highest BCUT2D eigenvalue weighted by Gasteiger charge is 2.35. The molecule has 1 fully saturated rings. The Balaban J connectivity index is 1.01. The number of primary amides is 1. The maximum atomic E-state index is 15.6. The van der Waals surface area contributed by atoms with Crippen LogP contribution in [0.25, 0.3) is 0 Å². The molecule has 136 heavy (non-hydrogen) atoms.